The van der Waals surface area contributed by atoms with Gasteiger partial charge in [-0.2, -0.15) is 18.2 Å². The number of halogens is 3. The van der Waals surface area contributed by atoms with Crippen LogP contribution in [0.2, 0.25) is 0 Å². The molecule has 1 saturated carbocycles. The van der Waals surface area contributed by atoms with Crippen molar-refractivity contribution in [3.63, 3.8) is 0 Å². The lowest BCUT2D eigenvalue weighted by Crippen LogP contribution is -2.25. The average molecular weight is 452 g/mol. The van der Waals surface area contributed by atoms with Gasteiger partial charge < -0.3 is 16.4 Å². The first-order chi connectivity index (χ1) is 15.2. The average Bonchev–Trinajstić information content (AvgIpc) is 2.76. The van der Waals surface area contributed by atoms with Gasteiger partial charge in [-0.25, -0.2) is 4.98 Å². The van der Waals surface area contributed by atoms with Crippen molar-refractivity contribution in [2.24, 2.45) is 17.6 Å². The first kappa shape index (κ1) is 23.7. The number of anilines is 2. The molecule has 1 aliphatic rings. The van der Waals surface area contributed by atoms with Crippen molar-refractivity contribution < 1.29 is 18.1 Å². The van der Waals surface area contributed by atoms with Gasteiger partial charge in [-0.15, -0.1) is 0 Å². The molecule has 2 aromatic rings. The number of rotatable bonds is 8. The molecule has 4 N–H and O–H groups in total. The second-order valence-corrected chi connectivity index (χ2v) is 8.18. The molecule has 3 rings (SSSR count). The summed E-state index contributed by atoms with van der Waals surface area (Å²) in [4.78, 5) is 19.0. The van der Waals surface area contributed by atoms with Crippen LogP contribution in [-0.2, 0) is 12.7 Å². The minimum Gasteiger partial charge on any atom is -0.364 e. The smallest absolute Gasteiger partial charge is 0.364 e. The summed E-state index contributed by atoms with van der Waals surface area (Å²) in [6.45, 7) is 2.98. The molecular weight excluding hydrogens is 425 g/mol. The topological polar surface area (TPSA) is 119 Å². The van der Waals surface area contributed by atoms with Crippen LogP contribution in [0.4, 0.5) is 30.6 Å². The van der Waals surface area contributed by atoms with Crippen molar-refractivity contribution in [1.29, 1.82) is 0 Å². The van der Waals surface area contributed by atoms with Crippen molar-refractivity contribution in [2.75, 3.05) is 23.7 Å². The van der Waals surface area contributed by atoms with Crippen LogP contribution >= 0.6 is 0 Å². The first-order valence-electron chi connectivity index (χ1n) is 10.5. The molecule has 11 heteroatoms. The summed E-state index contributed by atoms with van der Waals surface area (Å²) < 4.78 is 39.0. The third kappa shape index (κ3) is 6.06. The summed E-state index contributed by atoms with van der Waals surface area (Å²) in [5.41, 5.74) is 5.85. The molecule has 0 spiro atoms. The number of nitrogens with zero attached hydrogens (tertiary/aromatic N) is 3. The Balaban J connectivity index is 1.69. The fraction of sp³-hybridized carbons (Fsp3) is 0.524. The second-order valence-electron chi connectivity index (χ2n) is 8.18. The summed E-state index contributed by atoms with van der Waals surface area (Å²) in [5.74, 6) is 1.10. The maximum Gasteiger partial charge on any atom is 0.416 e. The van der Waals surface area contributed by atoms with E-state index in [0.717, 1.165) is 44.0 Å². The Labute approximate surface area is 184 Å². The van der Waals surface area contributed by atoms with Gasteiger partial charge in [0.15, 0.2) is 0 Å². The van der Waals surface area contributed by atoms with Gasteiger partial charge in [0.25, 0.3) is 0 Å². The molecule has 0 radical (unpaired) electrons. The fourth-order valence-electron chi connectivity index (χ4n) is 3.85. The van der Waals surface area contributed by atoms with Gasteiger partial charge in [0, 0.05) is 13.1 Å². The van der Waals surface area contributed by atoms with Gasteiger partial charge in [-0.05, 0) is 74.2 Å². The van der Waals surface area contributed by atoms with E-state index >= 15 is 0 Å². The molecule has 1 fully saturated rings. The van der Waals surface area contributed by atoms with Crippen LogP contribution in [0, 0.1) is 28.9 Å². The van der Waals surface area contributed by atoms with Crippen molar-refractivity contribution in [2.45, 2.75) is 45.3 Å². The predicted octanol–water partition coefficient (Wildman–Crippen LogP) is 4.50. The summed E-state index contributed by atoms with van der Waals surface area (Å²) in [6.07, 6.45) is 0.728. The monoisotopic (exact) mass is 452 g/mol. The van der Waals surface area contributed by atoms with Gasteiger partial charge >= 0.3 is 11.9 Å². The third-order valence-corrected chi connectivity index (χ3v) is 5.94. The van der Waals surface area contributed by atoms with Gasteiger partial charge in [0.05, 0.1) is 10.5 Å². The molecular formula is C21H27F3N6O2. The molecule has 1 aromatic carbocycles. The van der Waals surface area contributed by atoms with Crippen LogP contribution in [0.15, 0.2) is 24.4 Å². The second kappa shape index (κ2) is 10.1. The molecule has 174 valence electrons. The zero-order chi connectivity index (χ0) is 23.3. The standard InChI is InChI=1S/C21H27F3N6O2/c1-13-2-7-17(21(22,23)24)8-16(13)11-27-20-28-12-18(30(31)32)19(29-20)26-10-15-5-3-14(9-25)4-6-15/h2,7-8,12,14-15H,3-6,9-11,25H2,1H3,(H2,26,27,28,29). The molecule has 0 saturated heterocycles. The molecule has 1 aliphatic carbocycles. The number of alkyl halides is 3. The van der Waals surface area contributed by atoms with Crippen molar-refractivity contribution in [3.05, 3.63) is 51.2 Å². The van der Waals surface area contributed by atoms with Crippen LogP contribution < -0.4 is 16.4 Å². The van der Waals surface area contributed by atoms with E-state index < -0.39 is 16.7 Å². The lowest BCUT2D eigenvalue weighted by atomic mass is 9.82. The lowest BCUT2D eigenvalue weighted by molar-refractivity contribution is -0.384. The van der Waals surface area contributed by atoms with E-state index in [0.29, 0.717) is 36.1 Å². The molecule has 0 unspecified atom stereocenters. The minimum absolute atomic E-state index is 0.0517. The Kier molecular flexibility index (Phi) is 7.49. The number of nitrogens with one attached hydrogen (secondary N) is 2. The molecule has 0 amide bonds. The zero-order valence-electron chi connectivity index (χ0n) is 17.8. The van der Waals surface area contributed by atoms with Gasteiger partial charge in [-0.1, -0.05) is 6.07 Å². The number of hydrogen-bond donors (Lipinski definition) is 3. The van der Waals surface area contributed by atoms with E-state index in [9.17, 15) is 23.3 Å². The van der Waals surface area contributed by atoms with Gasteiger partial charge in [0.1, 0.15) is 6.20 Å². The molecule has 0 bridgehead atoms. The molecule has 32 heavy (non-hydrogen) atoms. The largest absolute Gasteiger partial charge is 0.416 e. The highest BCUT2D eigenvalue weighted by Gasteiger charge is 2.30. The van der Waals surface area contributed by atoms with Crippen LogP contribution in [0.1, 0.15) is 42.4 Å². The summed E-state index contributed by atoms with van der Waals surface area (Å²) >= 11 is 0. The van der Waals surface area contributed by atoms with Crippen LogP contribution in [0.5, 0.6) is 0 Å². The maximum absolute atomic E-state index is 13.0. The SMILES string of the molecule is Cc1ccc(C(F)(F)F)cc1CNc1ncc([N+](=O)[O-])c(NCC2CCC(CN)CC2)n1. The van der Waals surface area contributed by atoms with E-state index in [1.165, 1.54) is 6.07 Å². The Morgan fingerprint density at radius 2 is 1.88 bits per heavy atom. The number of hydrogen-bond acceptors (Lipinski definition) is 7. The molecule has 1 heterocycles. The number of benzene rings is 1. The summed E-state index contributed by atoms with van der Waals surface area (Å²) in [7, 11) is 0. The number of nitro groups is 1. The van der Waals surface area contributed by atoms with Crippen LogP contribution in [0.3, 0.4) is 0 Å². The molecule has 1 aromatic heterocycles. The molecule has 0 atom stereocenters. The highest BCUT2D eigenvalue weighted by Crippen LogP contribution is 2.31. The van der Waals surface area contributed by atoms with Crippen LogP contribution in [0.25, 0.3) is 0 Å². The normalized spacial score (nSPS) is 18.9. The van der Waals surface area contributed by atoms with Gasteiger partial charge in [-0.3, -0.25) is 10.1 Å². The zero-order valence-corrected chi connectivity index (χ0v) is 17.8. The molecule has 8 nitrogen and oxygen atoms in total. The van der Waals surface area contributed by atoms with Crippen molar-refractivity contribution in [1.82, 2.24) is 9.97 Å². The highest BCUT2D eigenvalue weighted by atomic mass is 19.4. The van der Waals surface area contributed by atoms with E-state index in [4.69, 9.17) is 5.73 Å². The molecule has 0 aliphatic heterocycles. The first-order valence-corrected chi connectivity index (χ1v) is 10.5. The Bertz CT molecular complexity index is 946. The summed E-state index contributed by atoms with van der Waals surface area (Å²) in [6, 6.07) is 3.51. The van der Waals surface area contributed by atoms with E-state index in [1.807, 2.05) is 0 Å². The van der Waals surface area contributed by atoms with E-state index in [2.05, 4.69) is 20.6 Å². The van der Waals surface area contributed by atoms with E-state index in [-0.39, 0.29) is 24.0 Å². The van der Waals surface area contributed by atoms with Crippen molar-refractivity contribution in [3.8, 4) is 0 Å². The summed E-state index contributed by atoms with van der Waals surface area (Å²) in [5, 5.41) is 17.3. The number of aryl methyl sites for hydroxylation is 1. The number of nitrogens with two attached hydrogens (primary N) is 1. The van der Waals surface area contributed by atoms with Crippen LogP contribution in [-0.4, -0.2) is 28.0 Å². The van der Waals surface area contributed by atoms with E-state index in [1.54, 1.807) is 6.92 Å². The van der Waals surface area contributed by atoms with Gasteiger partial charge in [0.2, 0.25) is 11.8 Å². The quantitative estimate of drug-likeness (QED) is 0.398. The lowest BCUT2D eigenvalue weighted by Gasteiger charge is -2.27. The highest BCUT2D eigenvalue weighted by molar-refractivity contribution is 5.57. The predicted molar refractivity (Wildman–Crippen MR) is 115 cm³/mol. The maximum atomic E-state index is 13.0. The Morgan fingerprint density at radius 3 is 2.50 bits per heavy atom. The van der Waals surface area contributed by atoms with Crippen molar-refractivity contribution >= 4 is 17.5 Å². The Morgan fingerprint density at radius 1 is 1.19 bits per heavy atom. The fourth-order valence-corrected chi connectivity index (χ4v) is 3.85. The minimum atomic E-state index is -4.44. The third-order valence-electron chi connectivity index (χ3n) is 5.94. The Hall–Kier alpha value is -2.95. The number of aromatic nitrogens is 2.